The van der Waals surface area contributed by atoms with E-state index >= 15 is 0 Å². The first-order valence-corrected chi connectivity index (χ1v) is 10.7. The van der Waals surface area contributed by atoms with E-state index in [9.17, 15) is 19.7 Å². The van der Waals surface area contributed by atoms with Crippen LogP contribution in [0.4, 0.5) is 5.69 Å². The van der Waals surface area contributed by atoms with Gasteiger partial charge in [-0.3, -0.25) is 24.6 Å². The van der Waals surface area contributed by atoms with Crippen molar-refractivity contribution in [2.75, 3.05) is 67.1 Å². The summed E-state index contributed by atoms with van der Waals surface area (Å²) in [7, 11) is 4.00. The predicted molar refractivity (Wildman–Crippen MR) is 116 cm³/mol. The molecule has 0 radical (unpaired) electrons. The van der Waals surface area contributed by atoms with Crippen LogP contribution in [-0.4, -0.2) is 98.6 Å². The third-order valence-corrected chi connectivity index (χ3v) is 5.94. The van der Waals surface area contributed by atoms with E-state index in [4.69, 9.17) is 14.2 Å². The Balaban J connectivity index is 1.73. The summed E-state index contributed by atoms with van der Waals surface area (Å²) in [6.45, 7) is 3.70. The van der Waals surface area contributed by atoms with Crippen LogP contribution in [0.1, 0.15) is 29.6 Å². The summed E-state index contributed by atoms with van der Waals surface area (Å²) in [5.41, 5.74) is -0.583. The second-order valence-corrected chi connectivity index (χ2v) is 7.81. The monoisotopic (exact) mass is 450 g/mol. The van der Waals surface area contributed by atoms with E-state index in [1.807, 2.05) is 9.80 Å². The summed E-state index contributed by atoms with van der Waals surface area (Å²) in [6.07, 6.45) is 3.25. The van der Waals surface area contributed by atoms with Crippen LogP contribution < -0.4 is 14.2 Å². The maximum atomic E-state index is 13.2. The molecule has 1 aromatic rings. The van der Waals surface area contributed by atoms with Gasteiger partial charge in [-0.2, -0.15) is 0 Å². The zero-order valence-electron chi connectivity index (χ0n) is 18.8. The molecule has 2 aliphatic rings. The van der Waals surface area contributed by atoms with Crippen LogP contribution in [0, 0.1) is 10.1 Å². The van der Waals surface area contributed by atoms with E-state index in [1.54, 1.807) is 4.90 Å². The molecule has 0 spiro atoms. The number of hydrogen-bond acceptors (Lipinski definition) is 8. The van der Waals surface area contributed by atoms with E-state index in [0.29, 0.717) is 32.7 Å². The fourth-order valence-electron chi connectivity index (χ4n) is 4.20. The van der Waals surface area contributed by atoms with Gasteiger partial charge in [0.1, 0.15) is 5.56 Å². The molecule has 3 rings (SSSR count). The molecule has 176 valence electrons. The topological polar surface area (TPSA) is 115 Å². The van der Waals surface area contributed by atoms with E-state index in [1.165, 1.54) is 27.4 Å². The maximum absolute atomic E-state index is 13.2. The van der Waals surface area contributed by atoms with Crippen molar-refractivity contribution < 1.29 is 28.7 Å². The van der Waals surface area contributed by atoms with E-state index in [-0.39, 0.29) is 28.7 Å². The molecule has 2 heterocycles. The number of likely N-dealkylation sites (tertiary alicyclic amines) is 1. The first-order valence-electron chi connectivity index (χ1n) is 10.7. The summed E-state index contributed by atoms with van der Waals surface area (Å²) >= 11 is 0. The molecule has 0 saturated carbocycles. The Morgan fingerprint density at radius 1 is 0.906 bits per heavy atom. The van der Waals surface area contributed by atoms with Gasteiger partial charge in [0, 0.05) is 45.3 Å². The Bertz CT molecular complexity index is 862. The lowest BCUT2D eigenvalue weighted by atomic mass is 10.1. The molecule has 0 atom stereocenters. The van der Waals surface area contributed by atoms with Crippen molar-refractivity contribution in [2.24, 2.45) is 0 Å². The molecule has 0 N–H and O–H groups in total. The van der Waals surface area contributed by atoms with Gasteiger partial charge in [-0.25, -0.2) is 0 Å². The standard InChI is InChI=1S/C21H30N4O7/c1-30-16-13-15(18(25(28)29)20(32-3)19(16)31-2)21(27)24-11-9-22(10-12-24)14-17(26)23-7-5-4-6-8-23/h13H,4-12,14H2,1-3H3. The van der Waals surface area contributed by atoms with Gasteiger partial charge in [0.25, 0.3) is 5.91 Å². The molecular formula is C21H30N4O7. The fraction of sp³-hybridized carbons (Fsp3) is 0.619. The molecule has 0 aromatic heterocycles. The number of nitro groups is 1. The highest BCUT2D eigenvalue weighted by atomic mass is 16.6. The molecule has 11 heteroatoms. The number of carbonyl (C=O) groups is 2. The highest BCUT2D eigenvalue weighted by Gasteiger charge is 2.35. The minimum absolute atomic E-state index is 0.0549. The number of piperidine rings is 1. The zero-order chi connectivity index (χ0) is 23.3. The number of piperazine rings is 1. The Morgan fingerprint density at radius 3 is 2.06 bits per heavy atom. The lowest BCUT2D eigenvalue weighted by molar-refractivity contribution is -0.386. The first-order chi connectivity index (χ1) is 15.4. The summed E-state index contributed by atoms with van der Waals surface area (Å²) in [5.74, 6) is -0.308. The number of ether oxygens (including phenoxy) is 3. The quantitative estimate of drug-likeness (QED) is 0.452. The van der Waals surface area contributed by atoms with Crippen molar-refractivity contribution in [2.45, 2.75) is 19.3 Å². The van der Waals surface area contributed by atoms with Gasteiger partial charge in [-0.1, -0.05) is 0 Å². The molecule has 2 aliphatic heterocycles. The van der Waals surface area contributed by atoms with Crippen LogP contribution in [0.5, 0.6) is 17.2 Å². The van der Waals surface area contributed by atoms with Crippen molar-refractivity contribution >= 4 is 17.5 Å². The van der Waals surface area contributed by atoms with Crippen molar-refractivity contribution in [1.29, 1.82) is 0 Å². The maximum Gasteiger partial charge on any atom is 0.327 e. The molecule has 2 saturated heterocycles. The number of hydrogen-bond donors (Lipinski definition) is 0. The summed E-state index contributed by atoms with van der Waals surface area (Å²) < 4.78 is 15.7. The molecule has 1 aromatic carbocycles. The van der Waals surface area contributed by atoms with Crippen LogP contribution >= 0.6 is 0 Å². The average Bonchev–Trinajstić information content (AvgIpc) is 2.82. The van der Waals surface area contributed by atoms with Gasteiger partial charge in [0.05, 0.1) is 32.8 Å². The number of methoxy groups -OCH3 is 3. The Labute approximate surface area is 186 Å². The van der Waals surface area contributed by atoms with Gasteiger partial charge >= 0.3 is 5.69 Å². The van der Waals surface area contributed by atoms with Crippen molar-refractivity contribution in [1.82, 2.24) is 14.7 Å². The summed E-state index contributed by atoms with van der Waals surface area (Å²) in [6, 6.07) is 1.31. The third kappa shape index (κ3) is 4.87. The highest BCUT2D eigenvalue weighted by molar-refractivity contribution is 6.00. The average molecular weight is 450 g/mol. The SMILES string of the molecule is COc1cc(C(=O)N2CCN(CC(=O)N3CCCCC3)CC2)c([N+](=O)[O-])c(OC)c1OC. The smallest absolute Gasteiger partial charge is 0.327 e. The number of amides is 2. The van der Waals surface area contributed by atoms with Crippen LogP contribution in [0.2, 0.25) is 0 Å². The molecule has 0 bridgehead atoms. The number of rotatable bonds is 7. The number of carbonyl (C=O) groups excluding carboxylic acids is 2. The summed E-state index contributed by atoms with van der Waals surface area (Å²) in [4.78, 5) is 42.3. The van der Waals surface area contributed by atoms with E-state index in [2.05, 4.69) is 0 Å². The molecule has 0 unspecified atom stereocenters. The fourth-order valence-corrected chi connectivity index (χ4v) is 4.20. The minimum Gasteiger partial charge on any atom is -0.493 e. The lowest BCUT2D eigenvalue weighted by Gasteiger charge is -2.36. The Kier molecular flexibility index (Phi) is 7.73. The number of benzene rings is 1. The third-order valence-electron chi connectivity index (χ3n) is 5.94. The molecule has 32 heavy (non-hydrogen) atoms. The second kappa shape index (κ2) is 10.5. The molecule has 2 fully saturated rings. The number of nitrogens with zero attached hydrogens (tertiary/aromatic N) is 4. The van der Waals surface area contributed by atoms with Gasteiger partial charge in [0.15, 0.2) is 5.75 Å². The van der Waals surface area contributed by atoms with Crippen molar-refractivity contribution in [3.63, 3.8) is 0 Å². The zero-order valence-corrected chi connectivity index (χ0v) is 18.8. The van der Waals surface area contributed by atoms with Crippen molar-refractivity contribution in [3.05, 3.63) is 21.7 Å². The van der Waals surface area contributed by atoms with Crippen LogP contribution in [0.25, 0.3) is 0 Å². The number of nitro benzene ring substituents is 1. The summed E-state index contributed by atoms with van der Waals surface area (Å²) in [5, 5.41) is 11.8. The van der Waals surface area contributed by atoms with Gasteiger partial charge in [0.2, 0.25) is 17.4 Å². The molecular weight excluding hydrogens is 420 g/mol. The van der Waals surface area contributed by atoms with E-state index in [0.717, 1.165) is 32.4 Å². The van der Waals surface area contributed by atoms with Gasteiger partial charge in [-0.15, -0.1) is 0 Å². The first kappa shape index (κ1) is 23.6. The Morgan fingerprint density at radius 2 is 1.53 bits per heavy atom. The Hall–Kier alpha value is -3.08. The molecule has 11 nitrogen and oxygen atoms in total. The van der Waals surface area contributed by atoms with Crippen LogP contribution in [-0.2, 0) is 4.79 Å². The lowest BCUT2D eigenvalue weighted by Crippen LogP contribution is -2.52. The normalized spacial score (nSPS) is 17.1. The van der Waals surface area contributed by atoms with E-state index < -0.39 is 16.5 Å². The largest absolute Gasteiger partial charge is 0.493 e. The minimum atomic E-state index is -0.651. The van der Waals surface area contributed by atoms with Crippen LogP contribution in [0.15, 0.2) is 6.07 Å². The molecule has 2 amide bonds. The predicted octanol–water partition coefficient (Wildman–Crippen LogP) is 1.39. The van der Waals surface area contributed by atoms with Gasteiger partial charge in [-0.05, 0) is 19.3 Å². The van der Waals surface area contributed by atoms with Gasteiger partial charge < -0.3 is 24.0 Å². The second-order valence-electron chi connectivity index (χ2n) is 7.81. The highest BCUT2D eigenvalue weighted by Crippen LogP contribution is 2.46. The van der Waals surface area contributed by atoms with Crippen molar-refractivity contribution in [3.8, 4) is 17.2 Å². The molecule has 0 aliphatic carbocycles. The van der Waals surface area contributed by atoms with Crippen LogP contribution in [0.3, 0.4) is 0 Å².